The van der Waals surface area contributed by atoms with Crippen molar-refractivity contribution in [2.45, 2.75) is 0 Å². The van der Waals surface area contributed by atoms with E-state index in [0.717, 1.165) is 4.47 Å². The zero-order valence-electron chi connectivity index (χ0n) is 8.97. The summed E-state index contributed by atoms with van der Waals surface area (Å²) < 4.78 is 0.851. The summed E-state index contributed by atoms with van der Waals surface area (Å²) in [5.74, 6) is 0.409. The maximum Gasteiger partial charge on any atom is 0.315 e. The van der Waals surface area contributed by atoms with Gasteiger partial charge in [0, 0.05) is 23.8 Å². The number of nitrogens with zero attached hydrogens (tertiary/aromatic N) is 3. The Kier molecular flexibility index (Phi) is 3.28. The maximum absolute atomic E-state index is 11.8. The van der Waals surface area contributed by atoms with Crippen LogP contribution in [0.15, 0.2) is 22.8 Å². The normalized spacial score (nSPS) is 16.2. The van der Waals surface area contributed by atoms with Gasteiger partial charge in [0.1, 0.15) is 12.4 Å². The van der Waals surface area contributed by atoms with Gasteiger partial charge in [-0.1, -0.05) is 0 Å². The molecule has 0 atom stereocenters. The number of aromatic nitrogens is 1. The van der Waals surface area contributed by atoms with E-state index in [1.807, 2.05) is 6.07 Å². The number of carbonyl (C=O) groups excluding carboxylic acids is 2. The predicted molar refractivity (Wildman–Crippen MR) is 65.4 cm³/mol. The minimum Gasteiger partial charge on any atom is -0.351 e. The highest BCUT2D eigenvalue weighted by atomic mass is 79.9. The monoisotopic (exact) mass is 298 g/mol. The van der Waals surface area contributed by atoms with Crippen LogP contribution in [0.25, 0.3) is 0 Å². The van der Waals surface area contributed by atoms with Gasteiger partial charge in [-0.15, -0.1) is 0 Å². The third kappa shape index (κ3) is 2.55. The van der Waals surface area contributed by atoms with Gasteiger partial charge in [-0.2, -0.15) is 0 Å². The molecule has 0 saturated carbocycles. The van der Waals surface area contributed by atoms with Crippen LogP contribution in [0.2, 0.25) is 0 Å². The molecule has 90 valence electrons. The lowest BCUT2D eigenvalue weighted by Gasteiger charge is -2.32. The Morgan fingerprint density at radius 2 is 2.18 bits per heavy atom. The van der Waals surface area contributed by atoms with Crippen molar-refractivity contribution in [1.82, 2.24) is 9.88 Å². The molecule has 1 aromatic rings. The van der Waals surface area contributed by atoms with Gasteiger partial charge >= 0.3 is 6.03 Å². The minimum absolute atomic E-state index is 0.00702. The molecule has 1 fully saturated rings. The van der Waals surface area contributed by atoms with Gasteiger partial charge in [0.2, 0.25) is 5.91 Å². The van der Waals surface area contributed by atoms with E-state index >= 15 is 0 Å². The number of anilines is 1. The highest BCUT2D eigenvalue weighted by Gasteiger charge is 2.27. The molecule has 0 unspecified atom stereocenters. The number of hydrogen-bond donors (Lipinski definition) is 1. The van der Waals surface area contributed by atoms with Crippen molar-refractivity contribution in [3.05, 3.63) is 22.8 Å². The Labute approximate surface area is 107 Å². The SMILES string of the molecule is NC(=O)N1CCN(c2ccc(Br)cn2)C(=O)C1. The first-order valence-electron chi connectivity index (χ1n) is 5.04. The summed E-state index contributed by atoms with van der Waals surface area (Å²) in [6.07, 6.45) is 1.63. The van der Waals surface area contributed by atoms with Crippen molar-refractivity contribution >= 4 is 33.7 Å². The number of primary amides is 1. The van der Waals surface area contributed by atoms with E-state index in [4.69, 9.17) is 5.73 Å². The van der Waals surface area contributed by atoms with Crippen molar-refractivity contribution in [3.63, 3.8) is 0 Å². The number of carbonyl (C=O) groups is 2. The average Bonchev–Trinajstić information content (AvgIpc) is 2.30. The summed E-state index contributed by atoms with van der Waals surface area (Å²) in [5, 5.41) is 0. The van der Waals surface area contributed by atoms with Gasteiger partial charge in [-0.05, 0) is 28.1 Å². The molecule has 6 nitrogen and oxygen atoms in total. The number of pyridine rings is 1. The number of amides is 3. The lowest BCUT2D eigenvalue weighted by atomic mass is 10.3. The highest BCUT2D eigenvalue weighted by molar-refractivity contribution is 9.10. The van der Waals surface area contributed by atoms with Crippen LogP contribution >= 0.6 is 15.9 Å². The van der Waals surface area contributed by atoms with E-state index < -0.39 is 6.03 Å². The smallest absolute Gasteiger partial charge is 0.315 e. The van der Waals surface area contributed by atoms with Gasteiger partial charge in [0.15, 0.2) is 0 Å². The molecule has 1 aromatic heterocycles. The van der Waals surface area contributed by atoms with Gasteiger partial charge in [0.25, 0.3) is 0 Å². The van der Waals surface area contributed by atoms with Gasteiger partial charge in [-0.3, -0.25) is 9.69 Å². The zero-order chi connectivity index (χ0) is 12.4. The molecule has 0 bridgehead atoms. The van der Waals surface area contributed by atoms with Crippen molar-refractivity contribution in [2.75, 3.05) is 24.5 Å². The van der Waals surface area contributed by atoms with Crippen molar-refractivity contribution in [1.29, 1.82) is 0 Å². The molecular weight excluding hydrogens is 288 g/mol. The van der Waals surface area contributed by atoms with Crippen LogP contribution in [0.3, 0.4) is 0 Å². The number of halogens is 1. The van der Waals surface area contributed by atoms with Crippen LogP contribution in [0.1, 0.15) is 0 Å². The van der Waals surface area contributed by atoms with Crippen LogP contribution in [0.5, 0.6) is 0 Å². The Bertz CT molecular complexity index is 448. The molecule has 1 saturated heterocycles. The molecule has 1 aliphatic heterocycles. The Balaban J connectivity index is 2.12. The summed E-state index contributed by atoms with van der Waals surface area (Å²) in [7, 11) is 0. The van der Waals surface area contributed by atoms with E-state index in [1.165, 1.54) is 4.90 Å². The first kappa shape index (κ1) is 11.8. The predicted octanol–water partition coefficient (Wildman–Crippen LogP) is 0.571. The van der Waals surface area contributed by atoms with E-state index in [1.54, 1.807) is 17.2 Å². The van der Waals surface area contributed by atoms with E-state index in [2.05, 4.69) is 20.9 Å². The van der Waals surface area contributed by atoms with Gasteiger partial charge in [-0.25, -0.2) is 9.78 Å². The van der Waals surface area contributed by atoms with E-state index in [0.29, 0.717) is 18.9 Å². The molecule has 3 amide bonds. The topological polar surface area (TPSA) is 79.5 Å². The molecule has 0 aromatic carbocycles. The molecule has 0 aliphatic carbocycles. The number of piperazine rings is 1. The van der Waals surface area contributed by atoms with Crippen molar-refractivity contribution in [2.24, 2.45) is 5.73 Å². The molecule has 17 heavy (non-hydrogen) atoms. The summed E-state index contributed by atoms with van der Waals surface area (Å²) >= 11 is 3.28. The largest absolute Gasteiger partial charge is 0.351 e. The second-order valence-electron chi connectivity index (χ2n) is 3.64. The van der Waals surface area contributed by atoms with Crippen LogP contribution in [-0.2, 0) is 4.79 Å². The number of rotatable bonds is 1. The van der Waals surface area contributed by atoms with Crippen LogP contribution in [0, 0.1) is 0 Å². The quantitative estimate of drug-likeness (QED) is 0.823. The number of urea groups is 1. The van der Waals surface area contributed by atoms with Crippen molar-refractivity contribution in [3.8, 4) is 0 Å². The summed E-state index contributed by atoms with van der Waals surface area (Å²) in [4.78, 5) is 29.8. The molecule has 2 heterocycles. The third-order valence-corrected chi connectivity index (χ3v) is 2.99. The van der Waals surface area contributed by atoms with Crippen LogP contribution < -0.4 is 10.6 Å². The molecule has 0 spiro atoms. The first-order valence-corrected chi connectivity index (χ1v) is 5.83. The lowest BCUT2D eigenvalue weighted by molar-refractivity contribution is -0.120. The van der Waals surface area contributed by atoms with E-state index in [-0.39, 0.29) is 12.5 Å². The van der Waals surface area contributed by atoms with Crippen molar-refractivity contribution < 1.29 is 9.59 Å². The van der Waals surface area contributed by atoms with Crippen LogP contribution in [0.4, 0.5) is 10.6 Å². The zero-order valence-corrected chi connectivity index (χ0v) is 10.6. The van der Waals surface area contributed by atoms with E-state index in [9.17, 15) is 9.59 Å². The fourth-order valence-corrected chi connectivity index (χ4v) is 1.87. The average molecular weight is 299 g/mol. The standard InChI is InChI=1S/C10H11BrN4O2/c11-7-1-2-8(13-5-7)15-4-3-14(10(12)17)6-9(15)16/h1-2,5H,3-4,6H2,(H2,12,17). The second-order valence-corrected chi connectivity index (χ2v) is 4.56. The molecular formula is C10H11BrN4O2. The Hall–Kier alpha value is -1.63. The maximum atomic E-state index is 11.8. The first-order chi connectivity index (χ1) is 8.08. The van der Waals surface area contributed by atoms with Crippen LogP contribution in [-0.4, -0.2) is 41.5 Å². The number of nitrogens with two attached hydrogens (primary N) is 1. The summed E-state index contributed by atoms with van der Waals surface area (Å²) in [6, 6.07) is 3.00. The molecule has 2 rings (SSSR count). The Morgan fingerprint density at radius 1 is 1.41 bits per heavy atom. The highest BCUT2D eigenvalue weighted by Crippen LogP contribution is 2.17. The molecule has 0 radical (unpaired) electrons. The summed E-state index contributed by atoms with van der Waals surface area (Å²) in [6.45, 7) is 0.850. The summed E-state index contributed by atoms with van der Waals surface area (Å²) in [5.41, 5.74) is 5.13. The fraction of sp³-hybridized carbons (Fsp3) is 0.300. The molecule has 1 aliphatic rings. The molecule has 7 heteroatoms. The minimum atomic E-state index is -0.568. The van der Waals surface area contributed by atoms with Gasteiger partial charge in [0.05, 0.1) is 0 Å². The lowest BCUT2D eigenvalue weighted by Crippen LogP contribution is -2.54. The Morgan fingerprint density at radius 3 is 2.71 bits per heavy atom. The fourth-order valence-electron chi connectivity index (χ4n) is 1.63. The number of hydrogen-bond acceptors (Lipinski definition) is 3. The third-order valence-electron chi connectivity index (χ3n) is 2.52. The second kappa shape index (κ2) is 4.70. The van der Waals surface area contributed by atoms with Gasteiger partial charge < -0.3 is 10.6 Å². The molecule has 2 N–H and O–H groups in total.